The molecule has 0 unspecified atom stereocenters. The highest BCUT2D eigenvalue weighted by Crippen LogP contribution is 2.29. The van der Waals surface area contributed by atoms with Gasteiger partial charge in [-0.05, 0) is 67.4 Å². The van der Waals surface area contributed by atoms with Gasteiger partial charge in [0.2, 0.25) is 0 Å². The third-order valence-corrected chi connectivity index (χ3v) is 6.31. The third-order valence-electron chi connectivity index (χ3n) is 4.90. The number of halogens is 2. The van der Waals surface area contributed by atoms with Gasteiger partial charge in [-0.3, -0.25) is 4.79 Å². The highest BCUT2D eigenvalue weighted by Gasteiger charge is 2.13. The third kappa shape index (κ3) is 3.15. The largest absolute Gasteiger partial charge is 0.457 e. The Morgan fingerprint density at radius 3 is 2.52 bits per heavy atom. The van der Waals surface area contributed by atoms with Crippen LogP contribution in [-0.2, 0) is 0 Å². The van der Waals surface area contributed by atoms with E-state index >= 15 is 0 Å². The van der Waals surface area contributed by atoms with Crippen molar-refractivity contribution in [1.29, 1.82) is 0 Å². The SMILES string of the molecule is Cc1cc2nc3s/c(=C\c4ccc(-c5cc(Cl)cc(Cl)c5)o4)c(=O)n3c2cc1C. The van der Waals surface area contributed by atoms with E-state index in [1.807, 2.05) is 38.1 Å². The summed E-state index contributed by atoms with van der Waals surface area (Å²) in [4.78, 5) is 18.3. The molecule has 5 rings (SSSR count). The fraction of sp³-hybridized carbons (Fsp3) is 0.0909. The van der Waals surface area contributed by atoms with Crippen molar-refractivity contribution >= 4 is 56.6 Å². The van der Waals surface area contributed by atoms with E-state index in [2.05, 4.69) is 4.98 Å². The number of nitrogens with zero attached hydrogens (tertiary/aromatic N) is 2. The molecule has 2 aromatic carbocycles. The standard InChI is InChI=1S/C22H14Cl2N2O2S/c1-11-5-17-18(6-12(11)2)26-21(27)20(29-22(26)25-17)10-16-3-4-19(28-16)13-7-14(23)9-15(24)8-13/h3-10H,1-2H3/b20-10-. The molecule has 0 N–H and O–H groups in total. The normalized spacial score (nSPS) is 12.5. The van der Waals surface area contributed by atoms with Gasteiger partial charge in [0.1, 0.15) is 16.1 Å². The zero-order chi connectivity index (χ0) is 20.3. The number of hydrogen-bond acceptors (Lipinski definition) is 4. The van der Waals surface area contributed by atoms with Crippen LogP contribution in [0.25, 0.3) is 33.4 Å². The monoisotopic (exact) mass is 440 g/mol. The van der Waals surface area contributed by atoms with Crippen molar-refractivity contribution in [2.75, 3.05) is 0 Å². The molecule has 0 aliphatic rings. The minimum absolute atomic E-state index is 0.0977. The summed E-state index contributed by atoms with van der Waals surface area (Å²) in [6.45, 7) is 4.08. The smallest absolute Gasteiger partial charge is 0.275 e. The maximum absolute atomic E-state index is 13.0. The fourth-order valence-electron chi connectivity index (χ4n) is 3.33. The predicted molar refractivity (Wildman–Crippen MR) is 119 cm³/mol. The van der Waals surface area contributed by atoms with Gasteiger partial charge in [0.25, 0.3) is 5.56 Å². The van der Waals surface area contributed by atoms with Crippen LogP contribution >= 0.6 is 34.5 Å². The Morgan fingerprint density at radius 1 is 1.03 bits per heavy atom. The minimum atomic E-state index is -0.0977. The molecule has 0 radical (unpaired) electrons. The summed E-state index contributed by atoms with van der Waals surface area (Å²) < 4.78 is 8.13. The number of hydrogen-bond donors (Lipinski definition) is 0. The van der Waals surface area contributed by atoms with Crippen LogP contribution in [0.2, 0.25) is 10.0 Å². The average molecular weight is 441 g/mol. The van der Waals surface area contributed by atoms with E-state index < -0.39 is 0 Å². The van der Waals surface area contributed by atoms with Gasteiger partial charge in [-0.1, -0.05) is 34.5 Å². The van der Waals surface area contributed by atoms with E-state index in [0.717, 1.165) is 27.7 Å². The maximum atomic E-state index is 13.0. The Balaban J connectivity index is 1.63. The van der Waals surface area contributed by atoms with Crippen molar-refractivity contribution in [3.8, 4) is 11.3 Å². The van der Waals surface area contributed by atoms with E-state index in [-0.39, 0.29) is 5.56 Å². The number of thiazole rings is 1. The van der Waals surface area contributed by atoms with E-state index in [0.29, 0.717) is 31.1 Å². The predicted octanol–water partition coefficient (Wildman–Crippen LogP) is 5.64. The lowest BCUT2D eigenvalue weighted by molar-refractivity contribution is 0.571. The highest BCUT2D eigenvalue weighted by atomic mass is 35.5. The molecule has 5 aromatic rings. The zero-order valence-electron chi connectivity index (χ0n) is 15.5. The number of imidazole rings is 1. The zero-order valence-corrected chi connectivity index (χ0v) is 17.8. The maximum Gasteiger partial charge on any atom is 0.275 e. The second-order valence-corrected chi connectivity index (χ2v) is 8.81. The van der Waals surface area contributed by atoms with Crippen LogP contribution < -0.4 is 10.1 Å². The van der Waals surface area contributed by atoms with Gasteiger partial charge in [-0.25, -0.2) is 9.38 Å². The summed E-state index contributed by atoms with van der Waals surface area (Å²) in [6, 6.07) is 12.9. The molecular weight excluding hydrogens is 427 g/mol. The van der Waals surface area contributed by atoms with Crippen molar-refractivity contribution in [2.24, 2.45) is 0 Å². The van der Waals surface area contributed by atoms with Crippen LogP contribution in [0.3, 0.4) is 0 Å². The molecule has 29 heavy (non-hydrogen) atoms. The molecule has 3 heterocycles. The van der Waals surface area contributed by atoms with Gasteiger partial charge in [0, 0.05) is 21.7 Å². The molecule has 0 saturated carbocycles. The Kier molecular flexibility index (Phi) is 4.28. The number of rotatable bonds is 2. The highest BCUT2D eigenvalue weighted by molar-refractivity contribution is 7.15. The Labute approximate surface area is 179 Å². The first-order valence-corrected chi connectivity index (χ1v) is 10.5. The van der Waals surface area contributed by atoms with Crippen LogP contribution in [0, 0.1) is 13.8 Å². The summed E-state index contributed by atoms with van der Waals surface area (Å²) in [6.07, 6.45) is 1.74. The first-order valence-electron chi connectivity index (χ1n) is 8.89. The second kappa shape index (κ2) is 6.73. The van der Waals surface area contributed by atoms with Crippen LogP contribution in [0.5, 0.6) is 0 Å². The lowest BCUT2D eigenvalue weighted by atomic mass is 10.1. The molecule has 7 heteroatoms. The summed E-state index contributed by atoms with van der Waals surface area (Å²) in [5, 5.41) is 1.07. The molecular formula is C22H14Cl2N2O2S. The first kappa shape index (κ1) is 18.4. The molecule has 144 valence electrons. The van der Waals surface area contributed by atoms with Gasteiger partial charge >= 0.3 is 0 Å². The quantitative estimate of drug-likeness (QED) is 0.356. The molecule has 3 aromatic heterocycles. The molecule has 4 nitrogen and oxygen atoms in total. The van der Waals surface area contributed by atoms with E-state index in [1.54, 1.807) is 28.7 Å². The van der Waals surface area contributed by atoms with Gasteiger partial charge in [-0.15, -0.1) is 0 Å². The van der Waals surface area contributed by atoms with Crippen molar-refractivity contribution < 1.29 is 4.42 Å². The summed E-state index contributed by atoms with van der Waals surface area (Å²) >= 11 is 13.5. The molecule has 0 spiro atoms. The Hall–Kier alpha value is -2.60. The lowest BCUT2D eigenvalue weighted by Crippen LogP contribution is -2.22. The summed E-state index contributed by atoms with van der Waals surface area (Å²) in [7, 11) is 0. The van der Waals surface area contributed by atoms with Crippen LogP contribution in [0.4, 0.5) is 0 Å². The lowest BCUT2D eigenvalue weighted by Gasteiger charge is -1.99. The summed E-state index contributed by atoms with van der Waals surface area (Å²) in [5.74, 6) is 1.21. The van der Waals surface area contributed by atoms with Gasteiger partial charge in [0.15, 0.2) is 4.96 Å². The van der Waals surface area contributed by atoms with Gasteiger partial charge in [-0.2, -0.15) is 0 Å². The van der Waals surface area contributed by atoms with Crippen LogP contribution in [0.15, 0.2) is 51.7 Å². The van der Waals surface area contributed by atoms with E-state index in [4.69, 9.17) is 27.6 Å². The van der Waals surface area contributed by atoms with E-state index in [9.17, 15) is 4.79 Å². The van der Waals surface area contributed by atoms with Crippen LogP contribution in [-0.4, -0.2) is 9.38 Å². The average Bonchev–Trinajstić information content (AvgIpc) is 3.32. The van der Waals surface area contributed by atoms with Crippen molar-refractivity contribution in [2.45, 2.75) is 13.8 Å². The van der Waals surface area contributed by atoms with Gasteiger partial charge < -0.3 is 4.42 Å². The molecule has 0 atom stereocenters. The second-order valence-electron chi connectivity index (χ2n) is 6.93. The number of furan rings is 1. The molecule has 0 aliphatic heterocycles. The molecule has 0 aliphatic carbocycles. The first-order chi connectivity index (χ1) is 13.9. The van der Waals surface area contributed by atoms with E-state index in [1.165, 1.54) is 11.3 Å². The van der Waals surface area contributed by atoms with Crippen molar-refractivity contribution in [3.05, 3.63) is 84.3 Å². The molecule has 0 saturated heterocycles. The van der Waals surface area contributed by atoms with Crippen molar-refractivity contribution in [3.63, 3.8) is 0 Å². The molecule has 0 amide bonds. The topological polar surface area (TPSA) is 47.5 Å². The summed E-state index contributed by atoms with van der Waals surface area (Å²) in [5.41, 5.74) is 4.64. The Morgan fingerprint density at radius 2 is 1.76 bits per heavy atom. The number of benzene rings is 2. The Bertz CT molecular complexity index is 1510. The minimum Gasteiger partial charge on any atom is -0.457 e. The van der Waals surface area contributed by atoms with Crippen molar-refractivity contribution in [1.82, 2.24) is 9.38 Å². The van der Waals surface area contributed by atoms with Crippen LogP contribution in [0.1, 0.15) is 16.9 Å². The van der Waals surface area contributed by atoms with Gasteiger partial charge in [0.05, 0.1) is 11.0 Å². The molecule has 0 bridgehead atoms. The fourth-order valence-corrected chi connectivity index (χ4v) is 4.82. The number of fused-ring (bicyclic) bond motifs is 3. The number of aryl methyl sites for hydroxylation is 2. The number of aromatic nitrogens is 2. The molecule has 0 fully saturated rings.